The van der Waals surface area contributed by atoms with Crippen LogP contribution in [0, 0.1) is 12.3 Å². The Bertz CT molecular complexity index is 317. The molecule has 0 aliphatic carbocycles. The highest BCUT2D eigenvalue weighted by Crippen LogP contribution is 2.43. The van der Waals surface area contributed by atoms with Crippen LogP contribution in [-0.2, 0) is 14.0 Å². The van der Waals surface area contributed by atoms with Crippen molar-refractivity contribution in [2.24, 2.45) is 0 Å². The van der Waals surface area contributed by atoms with Gasteiger partial charge in [-0.05, 0) is 13.8 Å². The molecule has 120 valence electrons. The molecule has 1 atom stereocenters. The molecular weight excluding hydrogens is 297 g/mol. The van der Waals surface area contributed by atoms with E-state index in [2.05, 4.69) is 5.92 Å². The van der Waals surface area contributed by atoms with Crippen LogP contribution >= 0.6 is 7.99 Å². The van der Waals surface area contributed by atoms with Crippen LogP contribution in [0.15, 0.2) is 0 Å². The van der Waals surface area contributed by atoms with Gasteiger partial charge in [0.2, 0.25) is 0 Å². The second-order valence-electron chi connectivity index (χ2n) is 4.15. The van der Waals surface area contributed by atoms with Crippen molar-refractivity contribution in [1.29, 1.82) is 0 Å². The molecule has 0 radical (unpaired) electrons. The maximum absolute atomic E-state index is 10.1. The Morgan fingerprint density at radius 2 is 1.85 bits per heavy atom. The molecule has 0 bridgehead atoms. The van der Waals surface area contributed by atoms with E-state index in [1.54, 1.807) is 13.8 Å². The molecule has 0 fully saturated rings. The van der Waals surface area contributed by atoms with E-state index in [1.165, 1.54) is 0 Å². The highest BCUT2D eigenvalue weighted by Gasteiger charge is 2.27. The summed E-state index contributed by atoms with van der Waals surface area (Å²) in [5.41, 5.74) is -0.672. The number of terminal acetylenes is 1. The first kappa shape index (κ1) is 21.7. The maximum atomic E-state index is 10.1. The second-order valence-corrected chi connectivity index (χ2v) is 5.02. The van der Waals surface area contributed by atoms with E-state index in [4.69, 9.17) is 30.5 Å². The van der Waals surface area contributed by atoms with Crippen molar-refractivity contribution >= 4 is 7.99 Å². The summed E-state index contributed by atoms with van der Waals surface area (Å²) in [6, 6.07) is 0. The zero-order valence-corrected chi connectivity index (χ0v) is 12.4. The SMILES string of the molecule is C#CCC(O)C(C)(C)OCCOCCO.O=P(O)(F)F. The number of hydrogen-bond donors (Lipinski definition) is 3. The first-order chi connectivity index (χ1) is 9.04. The van der Waals surface area contributed by atoms with Gasteiger partial charge in [0.15, 0.2) is 0 Å². The third-order valence-electron chi connectivity index (χ3n) is 2.05. The highest BCUT2D eigenvalue weighted by atomic mass is 31.2. The fourth-order valence-corrected chi connectivity index (χ4v) is 0.984. The van der Waals surface area contributed by atoms with E-state index in [0.717, 1.165) is 0 Å². The first-order valence-electron chi connectivity index (χ1n) is 5.70. The largest absolute Gasteiger partial charge is 0.549 e. The van der Waals surface area contributed by atoms with Gasteiger partial charge in [0.1, 0.15) is 0 Å². The van der Waals surface area contributed by atoms with E-state index < -0.39 is 19.7 Å². The van der Waals surface area contributed by atoms with Crippen LogP contribution in [0.5, 0.6) is 0 Å². The molecule has 0 aromatic heterocycles. The normalized spacial score (nSPS) is 13.1. The minimum Gasteiger partial charge on any atom is -0.394 e. The molecule has 0 aliphatic rings. The molecule has 6 nitrogen and oxygen atoms in total. The Labute approximate surface area is 117 Å². The third-order valence-corrected chi connectivity index (χ3v) is 2.05. The number of aliphatic hydroxyl groups is 2. The molecule has 0 aliphatic heterocycles. The number of rotatable bonds is 8. The van der Waals surface area contributed by atoms with Gasteiger partial charge in [-0.2, -0.15) is 0 Å². The van der Waals surface area contributed by atoms with Gasteiger partial charge in [0, 0.05) is 6.42 Å². The average molecular weight is 318 g/mol. The Kier molecular flexibility index (Phi) is 12.1. The van der Waals surface area contributed by atoms with Crippen LogP contribution in [0.3, 0.4) is 0 Å². The van der Waals surface area contributed by atoms with Crippen molar-refractivity contribution in [2.75, 3.05) is 26.4 Å². The Morgan fingerprint density at radius 3 is 2.25 bits per heavy atom. The van der Waals surface area contributed by atoms with E-state index in [0.29, 0.717) is 19.8 Å². The predicted molar refractivity (Wildman–Crippen MR) is 69.4 cm³/mol. The quantitative estimate of drug-likeness (QED) is 0.353. The summed E-state index contributed by atoms with van der Waals surface area (Å²) in [4.78, 5) is 6.74. The fraction of sp³-hybridized carbons (Fsp3) is 0.818. The van der Waals surface area contributed by atoms with Crippen molar-refractivity contribution in [3.8, 4) is 12.3 Å². The molecule has 1 unspecified atom stereocenters. The van der Waals surface area contributed by atoms with Crippen LogP contribution in [0.2, 0.25) is 0 Å². The standard InChI is InChI=1S/C11H20O4.F2HO2P/c1-4-5-10(13)11(2,3)15-9-8-14-7-6-12;1-5(2,3)4/h1,10,12-13H,5-9H2,2-3H3;(H,3,4). The van der Waals surface area contributed by atoms with Gasteiger partial charge in [-0.3, -0.25) is 4.89 Å². The lowest BCUT2D eigenvalue weighted by atomic mass is 9.99. The zero-order valence-electron chi connectivity index (χ0n) is 11.5. The van der Waals surface area contributed by atoms with Crippen molar-refractivity contribution in [2.45, 2.75) is 32.0 Å². The minimum atomic E-state index is -5.64. The smallest absolute Gasteiger partial charge is 0.394 e. The van der Waals surface area contributed by atoms with Gasteiger partial charge in [-0.25, -0.2) is 4.57 Å². The zero-order chi connectivity index (χ0) is 16.2. The van der Waals surface area contributed by atoms with Crippen LogP contribution in [0.1, 0.15) is 20.3 Å². The average Bonchev–Trinajstić information content (AvgIpc) is 2.26. The van der Waals surface area contributed by atoms with Crippen LogP contribution in [-0.4, -0.2) is 53.2 Å². The van der Waals surface area contributed by atoms with Gasteiger partial charge >= 0.3 is 7.99 Å². The molecule has 0 aromatic rings. The topological polar surface area (TPSA) is 96.2 Å². The maximum Gasteiger partial charge on any atom is 0.549 e. The molecule has 0 saturated heterocycles. The molecule has 9 heteroatoms. The summed E-state index contributed by atoms with van der Waals surface area (Å²) in [5.74, 6) is 2.39. The minimum absolute atomic E-state index is 0.00309. The van der Waals surface area contributed by atoms with Gasteiger partial charge in [0.25, 0.3) is 0 Å². The molecule has 0 heterocycles. The lowest BCUT2D eigenvalue weighted by molar-refractivity contribution is -0.111. The van der Waals surface area contributed by atoms with Crippen molar-refractivity contribution in [3.63, 3.8) is 0 Å². The van der Waals surface area contributed by atoms with E-state index >= 15 is 0 Å². The van der Waals surface area contributed by atoms with Crippen molar-refractivity contribution in [1.82, 2.24) is 0 Å². The van der Waals surface area contributed by atoms with Gasteiger partial charge in [-0.15, -0.1) is 20.7 Å². The van der Waals surface area contributed by atoms with Crippen molar-refractivity contribution in [3.05, 3.63) is 0 Å². The van der Waals surface area contributed by atoms with Gasteiger partial charge in [0.05, 0.1) is 38.1 Å². The molecule has 0 rings (SSSR count). The van der Waals surface area contributed by atoms with Gasteiger partial charge in [-0.1, -0.05) is 0 Å². The molecule has 0 aromatic carbocycles. The summed E-state index contributed by atoms with van der Waals surface area (Å²) in [6.07, 6.45) is 4.69. The third kappa shape index (κ3) is 17.4. The Hall–Kier alpha value is -0.550. The van der Waals surface area contributed by atoms with Crippen LogP contribution in [0.4, 0.5) is 8.39 Å². The first-order valence-corrected chi connectivity index (χ1v) is 7.15. The Balaban J connectivity index is 0. The fourth-order valence-electron chi connectivity index (χ4n) is 0.984. The molecule has 3 N–H and O–H groups in total. The second kappa shape index (κ2) is 11.1. The van der Waals surface area contributed by atoms with Crippen LogP contribution < -0.4 is 0 Å². The van der Waals surface area contributed by atoms with Gasteiger partial charge < -0.3 is 19.7 Å². The molecular formula is C11H21F2O6P. The summed E-state index contributed by atoms with van der Waals surface area (Å²) in [5, 5.41) is 18.1. The summed E-state index contributed by atoms with van der Waals surface area (Å²) < 4.78 is 39.2. The lowest BCUT2D eigenvalue weighted by Gasteiger charge is -2.29. The number of ether oxygens (including phenoxy) is 2. The molecule has 0 spiro atoms. The molecule has 0 amide bonds. The van der Waals surface area contributed by atoms with E-state index in [-0.39, 0.29) is 13.0 Å². The van der Waals surface area contributed by atoms with Crippen molar-refractivity contribution < 1.29 is 37.5 Å². The highest BCUT2D eigenvalue weighted by molar-refractivity contribution is 7.46. The predicted octanol–water partition coefficient (Wildman–Crippen LogP) is 1.20. The molecule has 0 saturated carbocycles. The Morgan fingerprint density at radius 1 is 1.35 bits per heavy atom. The number of halogens is 2. The summed E-state index contributed by atoms with van der Waals surface area (Å²) in [6.45, 7) is 4.63. The van der Waals surface area contributed by atoms with E-state index in [9.17, 15) is 13.5 Å². The molecule has 20 heavy (non-hydrogen) atoms. The number of aliphatic hydroxyl groups excluding tert-OH is 2. The van der Waals surface area contributed by atoms with E-state index in [1.807, 2.05) is 0 Å². The summed E-state index contributed by atoms with van der Waals surface area (Å²) >= 11 is 0. The van der Waals surface area contributed by atoms with Crippen LogP contribution in [0.25, 0.3) is 0 Å². The lowest BCUT2D eigenvalue weighted by Crippen LogP contribution is -2.39. The summed E-state index contributed by atoms with van der Waals surface area (Å²) in [7, 11) is -5.64. The monoisotopic (exact) mass is 318 g/mol. The number of hydrogen-bond acceptors (Lipinski definition) is 5.